The van der Waals surface area contributed by atoms with Gasteiger partial charge < -0.3 is 19.3 Å². The van der Waals surface area contributed by atoms with Gasteiger partial charge in [-0.2, -0.15) is 0 Å². The molecule has 1 aromatic heterocycles. The van der Waals surface area contributed by atoms with Gasteiger partial charge in [0.05, 0.1) is 24.9 Å². The number of ether oxygens (including phenoxy) is 1. The lowest BCUT2D eigenvalue weighted by Gasteiger charge is -2.32. The first-order valence-corrected chi connectivity index (χ1v) is 13.0. The second kappa shape index (κ2) is 12.9. The van der Waals surface area contributed by atoms with E-state index in [4.69, 9.17) is 9.26 Å². The minimum Gasteiger partial charge on any atom is -0.389 e. The maximum absolute atomic E-state index is 10.9. The fourth-order valence-electron chi connectivity index (χ4n) is 4.68. The summed E-state index contributed by atoms with van der Waals surface area (Å²) in [6, 6.07) is 20.6. The fourth-order valence-corrected chi connectivity index (χ4v) is 4.68. The minimum atomic E-state index is -0.578. The highest BCUT2D eigenvalue weighted by Crippen LogP contribution is 2.34. The molecule has 1 N–H and O–H groups in total. The van der Waals surface area contributed by atoms with E-state index in [0.717, 1.165) is 47.8 Å². The van der Waals surface area contributed by atoms with E-state index in [9.17, 15) is 5.11 Å². The molecule has 1 saturated heterocycles. The molecule has 3 aromatic rings. The zero-order valence-corrected chi connectivity index (χ0v) is 21.1. The second-order valence-corrected chi connectivity index (χ2v) is 9.57. The molecule has 0 bridgehead atoms. The minimum absolute atomic E-state index is 0.298. The molecule has 0 aliphatic carbocycles. The van der Waals surface area contributed by atoms with Crippen molar-refractivity contribution in [1.82, 2.24) is 10.1 Å². The van der Waals surface area contributed by atoms with Crippen molar-refractivity contribution in [2.24, 2.45) is 0 Å². The van der Waals surface area contributed by atoms with Crippen LogP contribution in [-0.2, 0) is 17.9 Å². The molecule has 6 nitrogen and oxygen atoms in total. The maximum atomic E-state index is 10.9. The van der Waals surface area contributed by atoms with E-state index in [1.807, 2.05) is 48.5 Å². The molecule has 0 unspecified atom stereocenters. The zero-order chi connectivity index (χ0) is 24.5. The summed E-state index contributed by atoms with van der Waals surface area (Å²) in [6.07, 6.45) is 4.02. The molecule has 188 valence electrons. The summed E-state index contributed by atoms with van der Waals surface area (Å²) in [5.41, 5.74) is 4.18. The van der Waals surface area contributed by atoms with Crippen LogP contribution in [0.2, 0.25) is 0 Å². The van der Waals surface area contributed by atoms with Gasteiger partial charge in [-0.3, -0.25) is 4.90 Å². The number of hydrogen-bond acceptors (Lipinski definition) is 6. The number of aliphatic hydroxyl groups is 1. The molecule has 6 heteroatoms. The largest absolute Gasteiger partial charge is 0.389 e. The van der Waals surface area contributed by atoms with Gasteiger partial charge >= 0.3 is 0 Å². The van der Waals surface area contributed by atoms with Crippen molar-refractivity contribution in [3.63, 3.8) is 0 Å². The van der Waals surface area contributed by atoms with Gasteiger partial charge in [0.1, 0.15) is 5.69 Å². The summed E-state index contributed by atoms with van der Waals surface area (Å²) in [7, 11) is 0. The standard InChI is InChI=1S/C29H39N3O3/c1-3-23(2)32(19-26(33)22-34-21-24-13-7-4-8-14-24)20-27-28(25-15-9-5-10-16-25)30-35-29(27)31-17-11-6-12-18-31/h4-5,7-10,13-16,23,26,33H,3,6,11-12,17-22H2,1-2H3/t23-,26+/m0/s1. The van der Waals surface area contributed by atoms with Crippen molar-refractivity contribution in [3.05, 3.63) is 71.8 Å². The lowest BCUT2D eigenvalue weighted by atomic mass is 10.0. The lowest BCUT2D eigenvalue weighted by molar-refractivity contribution is 0.00147. The van der Waals surface area contributed by atoms with E-state index in [-0.39, 0.29) is 0 Å². The average molecular weight is 478 g/mol. The van der Waals surface area contributed by atoms with Crippen LogP contribution in [0.5, 0.6) is 0 Å². The van der Waals surface area contributed by atoms with E-state index in [1.165, 1.54) is 19.3 Å². The lowest BCUT2D eigenvalue weighted by Crippen LogP contribution is -2.40. The van der Waals surface area contributed by atoms with Crippen molar-refractivity contribution < 1.29 is 14.4 Å². The number of aliphatic hydroxyl groups excluding tert-OH is 1. The van der Waals surface area contributed by atoms with Crippen LogP contribution in [0.15, 0.2) is 65.2 Å². The SMILES string of the molecule is CC[C@H](C)N(Cc1c(-c2ccccc2)noc1N1CCCCC1)C[C@@H](O)COCc1ccccc1. The monoisotopic (exact) mass is 477 g/mol. The van der Waals surface area contributed by atoms with E-state index in [0.29, 0.717) is 32.3 Å². The first-order valence-electron chi connectivity index (χ1n) is 13.0. The van der Waals surface area contributed by atoms with Crippen molar-refractivity contribution in [2.75, 3.05) is 31.1 Å². The fraction of sp³-hybridized carbons (Fsp3) is 0.483. The van der Waals surface area contributed by atoms with Gasteiger partial charge in [-0.1, -0.05) is 72.7 Å². The van der Waals surface area contributed by atoms with E-state index in [2.05, 4.69) is 40.9 Å². The van der Waals surface area contributed by atoms with Crippen molar-refractivity contribution in [1.29, 1.82) is 0 Å². The summed E-state index contributed by atoms with van der Waals surface area (Å²) in [6.45, 7) is 8.40. The molecule has 0 radical (unpaired) electrons. The molecule has 4 rings (SSSR count). The average Bonchev–Trinajstić information content (AvgIpc) is 3.33. The summed E-state index contributed by atoms with van der Waals surface area (Å²) in [5.74, 6) is 0.881. The van der Waals surface area contributed by atoms with E-state index in [1.54, 1.807) is 0 Å². The van der Waals surface area contributed by atoms with E-state index < -0.39 is 6.10 Å². The second-order valence-electron chi connectivity index (χ2n) is 9.57. The van der Waals surface area contributed by atoms with Crippen LogP contribution >= 0.6 is 0 Å². The topological polar surface area (TPSA) is 62.0 Å². The van der Waals surface area contributed by atoms with Crippen LogP contribution in [0.1, 0.15) is 50.7 Å². The molecule has 0 spiro atoms. The van der Waals surface area contributed by atoms with Gasteiger partial charge in [0, 0.05) is 37.8 Å². The highest BCUT2D eigenvalue weighted by Gasteiger charge is 2.27. The molecular weight excluding hydrogens is 438 g/mol. The number of benzene rings is 2. The third-order valence-corrected chi connectivity index (χ3v) is 6.90. The molecule has 1 aliphatic rings. The van der Waals surface area contributed by atoms with Crippen LogP contribution in [0.3, 0.4) is 0 Å². The number of nitrogens with zero attached hydrogens (tertiary/aromatic N) is 3. The quantitative estimate of drug-likeness (QED) is 0.371. The Kier molecular flexibility index (Phi) is 9.35. The van der Waals surface area contributed by atoms with Crippen LogP contribution < -0.4 is 4.90 Å². The highest BCUT2D eigenvalue weighted by atomic mass is 16.5. The maximum Gasteiger partial charge on any atom is 0.232 e. The van der Waals surface area contributed by atoms with Crippen LogP contribution in [0, 0.1) is 0 Å². The molecule has 2 atom stereocenters. The predicted octanol–water partition coefficient (Wildman–Crippen LogP) is 5.51. The molecule has 0 saturated carbocycles. The van der Waals surface area contributed by atoms with Gasteiger partial charge in [-0.25, -0.2) is 0 Å². The Morgan fingerprint density at radius 1 is 1.03 bits per heavy atom. The number of hydrogen-bond donors (Lipinski definition) is 1. The normalized spacial score (nSPS) is 15.9. The first kappa shape index (κ1) is 25.4. The predicted molar refractivity (Wildman–Crippen MR) is 140 cm³/mol. The van der Waals surface area contributed by atoms with Gasteiger partial charge in [0.15, 0.2) is 0 Å². The zero-order valence-electron chi connectivity index (χ0n) is 21.1. The highest BCUT2D eigenvalue weighted by molar-refractivity contribution is 5.68. The number of anilines is 1. The molecule has 2 heterocycles. The third kappa shape index (κ3) is 6.94. The van der Waals surface area contributed by atoms with Crippen LogP contribution in [0.25, 0.3) is 11.3 Å². The Hall–Kier alpha value is -2.67. The summed E-state index contributed by atoms with van der Waals surface area (Å²) >= 11 is 0. The molecule has 0 amide bonds. The Morgan fingerprint density at radius 2 is 1.71 bits per heavy atom. The van der Waals surface area contributed by atoms with E-state index >= 15 is 0 Å². The summed E-state index contributed by atoms with van der Waals surface area (Å²) < 4.78 is 11.8. The van der Waals surface area contributed by atoms with Crippen molar-refractivity contribution in [3.8, 4) is 11.3 Å². The molecule has 2 aromatic carbocycles. The van der Waals surface area contributed by atoms with Gasteiger partial charge in [-0.15, -0.1) is 0 Å². The Labute approximate surface area is 209 Å². The van der Waals surface area contributed by atoms with Gasteiger partial charge in [0.2, 0.25) is 5.88 Å². The third-order valence-electron chi connectivity index (χ3n) is 6.90. The van der Waals surface area contributed by atoms with Gasteiger partial charge in [-0.05, 0) is 38.2 Å². The smallest absolute Gasteiger partial charge is 0.232 e. The molecule has 1 fully saturated rings. The Balaban J connectivity index is 1.50. The molecular formula is C29H39N3O3. The first-order chi connectivity index (χ1) is 17.2. The summed E-state index contributed by atoms with van der Waals surface area (Å²) in [5, 5.41) is 15.4. The van der Waals surface area contributed by atoms with Crippen LogP contribution in [0.4, 0.5) is 5.88 Å². The Morgan fingerprint density at radius 3 is 2.40 bits per heavy atom. The Bertz CT molecular complexity index is 1000. The number of piperidine rings is 1. The number of aromatic nitrogens is 1. The molecule has 35 heavy (non-hydrogen) atoms. The number of rotatable bonds is 12. The summed E-state index contributed by atoms with van der Waals surface area (Å²) in [4.78, 5) is 4.68. The van der Waals surface area contributed by atoms with Crippen LogP contribution in [-0.4, -0.2) is 53.6 Å². The van der Waals surface area contributed by atoms with Crippen molar-refractivity contribution >= 4 is 5.88 Å². The van der Waals surface area contributed by atoms with Gasteiger partial charge in [0.25, 0.3) is 0 Å². The van der Waals surface area contributed by atoms with Crippen molar-refractivity contribution in [2.45, 2.75) is 64.8 Å². The molecule has 1 aliphatic heterocycles.